The van der Waals surface area contributed by atoms with E-state index in [1.807, 2.05) is 25.1 Å². The smallest absolute Gasteiger partial charge is 0.137 e. The highest BCUT2D eigenvalue weighted by Gasteiger charge is 2.06. The van der Waals surface area contributed by atoms with Crippen LogP contribution in [0.5, 0.6) is 5.75 Å². The van der Waals surface area contributed by atoms with Gasteiger partial charge in [-0.1, -0.05) is 0 Å². The molecule has 62 valence electrons. The zero-order valence-electron chi connectivity index (χ0n) is 6.53. The standard InChI is InChI=1S/C9H8OS2/c1-5-9(10)7-4-6(11)2-3-8(7)12-5/h2-4,10-11H,1H3. The quantitative estimate of drug-likeness (QED) is 0.620. The second kappa shape index (κ2) is 2.68. The highest BCUT2D eigenvalue weighted by Crippen LogP contribution is 2.36. The summed E-state index contributed by atoms with van der Waals surface area (Å²) < 4.78 is 1.11. The van der Waals surface area contributed by atoms with Crippen molar-refractivity contribution in [3.05, 3.63) is 23.1 Å². The lowest BCUT2D eigenvalue weighted by Gasteiger charge is -1.92. The van der Waals surface area contributed by atoms with E-state index in [0.29, 0.717) is 5.75 Å². The number of thiophene rings is 1. The third-order valence-corrected chi connectivity index (χ3v) is 3.17. The monoisotopic (exact) mass is 196 g/mol. The molecule has 3 heteroatoms. The van der Waals surface area contributed by atoms with E-state index in [9.17, 15) is 5.11 Å². The minimum atomic E-state index is 0.394. The van der Waals surface area contributed by atoms with Crippen LogP contribution in [0.25, 0.3) is 10.1 Å². The lowest BCUT2D eigenvalue weighted by Crippen LogP contribution is -1.66. The van der Waals surface area contributed by atoms with Crippen LogP contribution < -0.4 is 0 Å². The van der Waals surface area contributed by atoms with Crippen molar-refractivity contribution >= 4 is 34.1 Å². The van der Waals surface area contributed by atoms with Crippen molar-refractivity contribution in [1.82, 2.24) is 0 Å². The maximum atomic E-state index is 9.60. The summed E-state index contributed by atoms with van der Waals surface area (Å²) in [6, 6.07) is 5.80. The molecule has 0 amide bonds. The predicted molar refractivity (Wildman–Crippen MR) is 55.5 cm³/mol. The van der Waals surface area contributed by atoms with Gasteiger partial charge in [0, 0.05) is 19.9 Å². The molecule has 0 fully saturated rings. The number of rotatable bonds is 0. The summed E-state index contributed by atoms with van der Waals surface area (Å²) in [6.07, 6.45) is 0. The number of hydrogen-bond donors (Lipinski definition) is 2. The van der Waals surface area contributed by atoms with Gasteiger partial charge in [-0.15, -0.1) is 24.0 Å². The Bertz CT molecular complexity index is 431. The van der Waals surface area contributed by atoms with Gasteiger partial charge >= 0.3 is 0 Å². The topological polar surface area (TPSA) is 20.2 Å². The Hall–Kier alpha value is -0.670. The summed E-state index contributed by atoms with van der Waals surface area (Å²) in [5, 5.41) is 10.5. The van der Waals surface area contributed by atoms with Gasteiger partial charge in [-0.25, -0.2) is 0 Å². The van der Waals surface area contributed by atoms with E-state index < -0.39 is 0 Å². The minimum absolute atomic E-state index is 0.394. The molecule has 2 aromatic rings. The predicted octanol–water partition coefficient (Wildman–Crippen LogP) is 3.20. The molecule has 0 aliphatic carbocycles. The van der Waals surface area contributed by atoms with E-state index in [0.717, 1.165) is 19.9 Å². The molecule has 0 atom stereocenters. The van der Waals surface area contributed by atoms with Crippen LogP contribution in [0.15, 0.2) is 23.1 Å². The van der Waals surface area contributed by atoms with E-state index in [-0.39, 0.29) is 0 Å². The summed E-state index contributed by atoms with van der Waals surface area (Å²) in [5.74, 6) is 0.394. The highest BCUT2D eigenvalue weighted by atomic mass is 32.1. The van der Waals surface area contributed by atoms with E-state index >= 15 is 0 Å². The number of fused-ring (bicyclic) bond motifs is 1. The molecule has 1 aromatic heterocycles. The van der Waals surface area contributed by atoms with Crippen molar-refractivity contribution in [3.63, 3.8) is 0 Å². The maximum absolute atomic E-state index is 9.60. The first kappa shape index (κ1) is 7.95. The molecule has 1 aromatic carbocycles. The molecule has 1 heterocycles. The fourth-order valence-corrected chi connectivity index (χ4v) is 2.34. The molecule has 0 bridgehead atoms. The number of thiol groups is 1. The van der Waals surface area contributed by atoms with Gasteiger partial charge in [0.05, 0.1) is 0 Å². The van der Waals surface area contributed by atoms with Crippen LogP contribution in [0.2, 0.25) is 0 Å². The Balaban J connectivity index is 2.88. The molecule has 0 aliphatic heterocycles. The second-order valence-corrected chi connectivity index (χ2v) is 4.46. The normalized spacial score (nSPS) is 10.8. The average Bonchev–Trinajstić information content (AvgIpc) is 2.31. The molecule has 0 aliphatic rings. The lowest BCUT2D eigenvalue weighted by atomic mass is 10.2. The molecule has 0 radical (unpaired) electrons. The third kappa shape index (κ3) is 1.09. The van der Waals surface area contributed by atoms with Crippen LogP contribution in [0.4, 0.5) is 0 Å². The van der Waals surface area contributed by atoms with Gasteiger partial charge in [0.15, 0.2) is 0 Å². The third-order valence-electron chi connectivity index (χ3n) is 1.81. The van der Waals surface area contributed by atoms with Crippen LogP contribution in [0.3, 0.4) is 0 Å². The fourth-order valence-electron chi connectivity index (χ4n) is 1.19. The molecular weight excluding hydrogens is 188 g/mol. The van der Waals surface area contributed by atoms with Crippen LogP contribution in [-0.4, -0.2) is 5.11 Å². The maximum Gasteiger partial charge on any atom is 0.137 e. The van der Waals surface area contributed by atoms with Crippen LogP contribution in [0.1, 0.15) is 4.88 Å². The first-order chi connectivity index (χ1) is 5.68. The van der Waals surface area contributed by atoms with Gasteiger partial charge in [0.25, 0.3) is 0 Å². The summed E-state index contributed by atoms with van der Waals surface area (Å²) in [7, 11) is 0. The van der Waals surface area contributed by atoms with E-state index in [4.69, 9.17) is 0 Å². The number of benzene rings is 1. The Kier molecular flexibility index (Phi) is 1.77. The SMILES string of the molecule is Cc1sc2ccc(S)cc2c1O. The second-order valence-electron chi connectivity index (χ2n) is 2.69. The van der Waals surface area contributed by atoms with Gasteiger partial charge in [-0.2, -0.15) is 0 Å². The average molecular weight is 196 g/mol. The Morgan fingerprint density at radius 1 is 1.42 bits per heavy atom. The van der Waals surface area contributed by atoms with Gasteiger partial charge in [0.2, 0.25) is 0 Å². The van der Waals surface area contributed by atoms with Crippen LogP contribution >= 0.6 is 24.0 Å². The van der Waals surface area contributed by atoms with Crippen molar-refractivity contribution in [1.29, 1.82) is 0 Å². The number of hydrogen-bond acceptors (Lipinski definition) is 3. The first-order valence-corrected chi connectivity index (χ1v) is 4.86. The van der Waals surface area contributed by atoms with Gasteiger partial charge in [0.1, 0.15) is 5.75 Å². The largest absolute Gasteiger partial charge is 0.506 e. The molecule has 0 saturated carbocycles. The van der Waals surface area contributed by atoms with Crippen molar-refractivity contribution in [2.45, 2.75) is 11.8 Å². The zero-order chi connectivity index (χ0) is 8.72. The lowest BCUT2D eigenvalue weighted by molar-refractivity contribution is 0.480. The van der Waals surface area contributed by atoms with E-state index in [2.05, 4.69) is 12.6 Å². The Morgan fingerprint density at radius 2 is 2.17 bits per heavy atom. The zero-order valence-corrected chi connectivity index (χ0v) is 8.25. The van der Waals surface area contributed by atoms with Crippen molar-refractivity contribution in [3.8, 4) is 5.75 Å². The van der Waals surface area contributed by atoms with Gasteiger partial charge in [-0.05, 0) is 25.1 Å². The van der Waals surface area contributed by atoms with Crippen LogP contribution in [-0.2, 0) is 0 Å². The van der Waals surface area contributed by atoms with Gasteiger partial charge < -0.3 is 5.11 Å². The first-order valence-electron chi connectivity index (χ1n) is 3.59. The summed E-state index contributed by atoms with van der Waals surface area (Å²) in [4.78, 5) is 1.85. The molecular formula is C9H8OS2. The summed E-state index contributed by atoms with van der Waals surface area (Å²) in [5.41, 5.74) is 0. The van der Waals surface area contributed by atoms with Crippen molar-refractivity contribution in [2.24, 2.45) is 0 Å². The van der Waals surface area contributed by atoms with Gasteiger partial charge in [-0.3, -0.25) is 0 Å². The highest BCUT2D eigenvalue weighted by molar-refractivity contribution is 7.80. The molecule has 0 unspecified atom stereocenters. The molecule has 2 rings (SSSR count). The Morgan fingerprint density at radius 3 is 2.92 bits per heavy atom. The molecule has 0 spiro atoms. The minimum Gasteiger partial charge on any atom is -0.506 e. The summed E-state index contributed by atoms with van der Waals surface area (Å²) in [6.45, 7) is 1.91. The van der Waals surface area contributed by atoms with Crippen LogP contribution in [0, 0.1) is 6.92 Å². The van der Waals surface area contributed by atoms with E-state index in [1.165, 1.54) is 0 Å². The van der Waals surface area contributed by atoms with Crippen molar-refractivity contribution < 1.29 is 5.11 Å². The molecule has 12 heavy (non-hydrogen) atoms. The number of aryl methyl sites for hydroxylation is 1. The summed E-state index contributed by atoms with van der Waals surface area (Å²) >= 11 is 5.81. The van der Waals surface area contributed by atoms with Crippen molar-refractivity contribution in [2.75, 3.05) is 0 Å². The molecule has 1 nitrogen and oxygen atoms in total. The fraction of sp³-hybridized carbons (Fsp3) is 0.111. The number of aromatic hydroxyl groups is 1. The Labute approximate surface area is 80.1 Å². The van der Waals surface area contributed by atoms with E-state index in [1.54, 1.807) is 11.3 Å². The molecule has 0 saturated heterocycles. The molecule has 1 N–H and O–H groups in total.